The zero-order valence-electron chi connectivity index (χ0n) is 22.0. The molecule has 0 amide bonds. The molecule has 0 fully saturated rings. The van der Waals surface area contributed by atoms with Crippen LogP contribution < -0.4 is 19.7 Å². The van der Waals surface area contributed by atoms with Gasteiger partial charge in [0.25, 0.3) is 0 Å². The molecule has 0 saturated heterocycles. The minimum atomic E-state index is -0.564. The van der Waals surface area contributed by atoms with Crippen LogP contribution >= 0.6 is 23.2 Å². The quantitative estimate of drug-likeness (QED) is 0.210. The van der Waals surface area contributed by atoms with E-state index in [9.17, 15) is 5.11 Å². The fourth-order valence-electron chi connectivity index (χ4n) is 3.91. The number of nitrogens with one attached hydrogen (secondary N) is 1. The van der Waals surface area contributed by atoms with Gasteiger partial charge < -0.3 is 29.7 Å². The first-order valence-corrected chi connectivity index (χ1v) is 13.1. The third-order valence-corrected chi connectivity index (χ3v) is 6.33. The molecule has 2 N–H and O–H groups in total. The minimum Gasteiger partial charge on any atom is -0.497 e. The summed E-state index contributed by atoms with van der Waals surface area (Å²) in [6, 6.07) is 22.5. The molecule has 39 heavy (non-hydrogen) atoms. The molecule has 1 aromatic heterocycles. The van der Waals surface area contributed by atoms with E-state index in [1.807, 2.05) is 84.6 Å². The highest BCUT2D eigenvalue weighted by atomic mass is 35.5. The number of ether oxygens (including phenoxy) is 2. The van der Waals surface area contributed by atoms with E-state index in [2.05, 4.69) is 15.3 Å². The molecule has 0 bridgehead atoms. The monoisotopic (exact) mass is 567 g/mol. The third-order valence-electron chi connectivity index (χ3n) is 5.77. The van der Waals surface area contributed by atoms with Crippen molar-refractivity contribution in [2.75, 3.05) is 44.6 Å². The number of aliphatic hydroxyl groups is 1. The lowest BCUT2D eigenvalue weighted by atomic mass is 10.2. The van der Waals surface area contributed by atoms with Gasteiger partial charge in [0.15, 0.2) is 0 Å². The molecule has 1 atom stereocenters. The normalized spacial score (nSPS) is 11.8. The first kappa shape index (κ1) is 28.4. The number of aromatic nitrogens is 2. The van der Waals surface area contributed by atoms with Gasteiger partial charge >= 0.3 is 0 Å². The van der Waals surface area contributed by atoms with Crippen molar-refractivity contribution in [2.24, 2.45) is 0 Å². The van der Waals surface area contributed by atoms with Gasteiger partial charge in [-0.1, -0.05) is 35.3 Å². The molecule has 0 aliphatic rings. The molecule has 1 unspecified atom stereocenters. The van der Waals surface area contributed by atoms with Gasteiger partial charge in [0.05, 0.1) is 17.8 Å². The summed E-state index contributed by atoms with van der Waals surface area (Å²) in [5.41, 5.74) is 2.58. The van der Waals surface area contributed by atoms with Crippen molar-refractivity contribution in [2.45, 2.75) is 12.6 Å². The van der Waals surface area contributed by atoms with E-state index in [0.29, 0.717) is 40.5 Å². The number of likely N-dealkylation sites (N-methyl/N-ethyl adjacent to an activating group) is 1. The summed E-state index contributed by atoms with van der Waals surface area (Å²) in [6.07, 6.45) is 0.937. The van der Waals surface area contributed by atoms with Crippen molar-refractivity contribution in [3.8, 4) is 11.5 Å². The third kappa shape index (κ3) is 8.21. The number of halogens is 2. The molecule has 204 valence electrons. The summed E-state index contributed by atoms with van der Waals surface area (Å²) in [6.45, 7) is 1.24. The number of aliphatic hydroxyl groups excluding tert-OH is 1. The average molecular weight is 569 g/mol. The number of benzene rings is 3. The molecule has 0 spiro atoms. The highest BCUT2D eigenvalue weighted by Crippen LogP contribution is 2.35. The smallest absolute Gasteiger partial charge is 0.138 e. The second-order valence-corrected chi connectivity index (χ2v) is 10.0. The number of hydrogen-bond donors (Lipinski definition) is 2. The lowest BCUT2D eigenvalue weighted by Crippen LogP contribution is -2.30. The van der Waals surface area contributed by atoms with Crippen LogP contribution in [0.25, 0.3) is 0 Å². The predicted octanol–water partition coefficient (Wildman–Crippen LogP) is 6.18. The standard InChI is InChI=1S/C29H31Cl2N5O3/c1-35(2)17-23(37)18-39-25-11-7-22(8-12-25)34-28-15-29(33-19-32-28)36(27-14-21(30)6-13-26(27)31)16-20-4-9-24(38-3)10-5-20/h4-15,19,23,37H,16-18H2,1-3H3,(H,32,33,34). The van der Waals surface area contributed by atoms with Gasteiger partial charge in [-0.05, 0) is 74.3 Å². The molecule has 0 aliphatic carbocycles. The summed E-state index contributed by atoms with van der Waals surface area (Å²) in [5.74, 6) is 2.69. The lowest BCUT2D eigenvalue weighted by molar-refractivity contribution is 0.0831. The molecule has 0 saturated carbocycles. The van der Waals surface area contributed by atoms with Crippen molar-refractivity contribution in [1.29, 1.82) is 0 Å². The zero-order chi connectivity index (χ0) is 27.8. The highest BCUT2D eigenvalue weighted by Gasteiger charge is 2.17. The van der Waals surface area contributed by atoms with Crippen molar-refractivity contribution < 1.29 is 14.6 Å². The first-order valence-electron chi connectivity index (χ1n) is 12.3. The molecule has 1 heterocycles. The molecule has 4 rings (SSSR count). The van der Waals surface area contributed by atoms with Gasteiger partial charge in [-0.25, -0.2) is 9.97 Å². The SMILES string of the molecule is COc1ccc(CN(c2cc(Nc3ccc(OCC(O)CN(C)C)cc3)ncn2)c2cc(Cl)ccc2Cl)cc1. The maximum atomic E-state index is 10.0. The summed E-state index contributed by atoms with van der Waals surface area (Å²) in [7, 11) is 5.45. The van der Waals surface area contributed by atoms with Gasteiger partial charge in [-0.15, -0.1) is 0 Å². The maximum absolute atomic E-state index is 10.0. The number of hydrogen-bond acceptors (Lipinski definition) is 8. The van der Waals surface area contributed by atoms with Crippen LogP contribution in [0, 0.1) is 0 Å². The van der Waals surface area contributed by atoms with E-state index >= 15 is 0 Å². The lowest BCUT2D eigenvalue weighted by Gasteiger charge is -2.25. The average Bonchev–Trinajstić information content (AvgIpc) is 2.93. The Morgan fingerprint density at radius 1 is 0.923 bits per heavy atom. The Balaban J connectivity index is 1.53. The zero-order valence-corrected chi connectivity index (χ0v) is 23.5. The predicted molar refractivity (Wildman–Crippen MR) is 157 cm³/mol. The molecule has 0 aliphatic heterocycles. The Kier molecular flexibility index (Phi) is 9.84. The molecule has 0 radical (unpaired) electrons. The molecule has 10 heteroatoms. The van der Waals surface area contributed by atoms with Crippen LogP contribution in [0.3, 0.4) is 0 Å². The number of rotatable bonds is 12. The largest absolute Gasteiger partial charge is 0.497 e. The van der Waals surface area contributed by atoms with Crippen LogP contribution in [-0.2, 0) is 6.54 Å². The van der Waals surface area contributed by atoms with Crippen LogP contribution in [0.5, 0.6) is 11.5 Å². The Morgan fingerprint density at radius 2 is 1.64 bits per heavy atom. The van der Waals surface area contributed by atoms with Gasteiger partial charge in [0, 0.05) is 29.9 Å². The topological polar surface area (TPSA) is 83.0 Å². The van der Waals surface area contributed by atoms with Gasteiger partial charge in [0.2, 0.25) is 0 Å². The minimum absolute atomic E-state index is 0.219. The number of anilines is 4. The van der Waals surface area contributed by atoms with Gasteiger partial charge in [-0.3, -0.25) is 0 Å². The maximum Gasteiger partial charge on any atom is 0.138 e. The molecular weight excluding hydrogens is 537 g/mol. The molecule has 8 nitrogen and oxygen atoms in total. The Hall–Kier alpha value is -3.56. The van der Waals surface area contributed by atoms with E-state index < -0.39 is 6.10 Å². The van der Waals surface area contributed by atoms with E-state index in [1.165, 1.54) is 6.33 Å². The fraction of sp³-hybridized carbons (Fsp3) is 0.241. The van der Waals surface area contributed by atoms with Crippen LogP contribution in [0.1, 0.15) is 5.56 Å². The van der Waals surface area contributed by atoms with Crippen LogP contribution in [0.4, 0.5) is 23.0 Å². The summed E-state index contributed by atoms with van der Waals surface area (Å²) in [5, 5.41) is 14.4. The van der Waals surface area contributed by atoms with Crippen molar-refractivity contribution >= 4 is 46.2 Å². The van der Waals surface area contributed by atoms with Crippen molar-refractivity contribution in [3.63, 3.8) is 0 Å². The Morgan fingerprint density at radius 3 is 2.33 bits per heavy atom. The highest BCUT2D eigenvalue weighted by molar-refractivity contribution is 6.35. The van der Waals surface area contributed by atoms with Gasteiger partial charge in [-0.2, -0.15) is 0 Å². The van der Waals surface area contributed by atoms with Crippen LogP contribution in [0.15, 0.2) is 79.1 Å². The first-order chi connectivity index (χ1) is 18.8. The molecule has 3 aromatic carbocycles. The Labute approximate surface area is 238 Å². The molecule has 4 aromatic rings. The van der Waals surface area contributed by atoms with Gasteiger partial charge in [0.1, 0.15) is 42.2 Å². The number of nitrogens with zero attached hydrogens (tertiary/aromatic N) is 4. The van der Waals surface area contributed by atoms with E-state index in [4.69, 9.17) is 32.7 Å². The summed E-state index contributed by atoms with van der Waals surface area (Å²) in [4.78, 5) is 12.8. The summed E-state index contributed by atoms with van der Waals surface area (Å²) >= 11 is 12.9. The van der Waals surface area contributed by atoms with Crippen molar-refractivity contribution in [3.05, 3.63) is 94.7 Å². The van der Waals surface area contributed by atoms with E-state index in [-0.39, 0.29) is 6.61 Å². The second-order valence-electron chi connectivity index (χ2n) is 9.17. The Bertz CT molecular complexity index is 1350. The molecular formula is C29H31Cl2N5O3. The van der Waals surface area contributed by atoms with Crippen molar-refractivity contribution in [1.82, 2.24) is 14.9 Å². The van der Waals surface area contributed by atoms with E-state index in [0.717, 1.165) is 22.7 Å². The number of methoxy groups -OCH3 is 1. The van der Waals surface area contributed by atoms with E-state index in [1.54, 1.807) is 19.2 Å². The second kappa shape index (κ2) is 13.5. The summed E-state index contributed by atoms with van der Waals surface area (Å²) < 4.78 is 11.0. The van der Waals surface area contributed by atoms with Crippen LogP contribution in [0.2, 0.25) is 10.0 Å². The fourth-order valence-corrected chi connectivity index (χ4v) is 4.29. The van der Waals surface area contributed by atoms with Crippen LogP contribution in [-0.4, -0.2) is 60.4 Å².